The lowest BCUT2D eigenvalue weighted by molar-refractivity contribution is -0.138. The molecule has 0 aromatic carbocycles. The molecule has 1 atom stereocenters. The summed E-state index contributed by atoms with van der Waals surface area (Å²) in [5, 5.41) is 0. The van der Waals surface area contributed by atoms with Crippen LogP contribution < -0.4 is 20.3 Å². The number of nitrogens with two attached hydrogens (primary N) is 1. The third-order valence-corrected chi connectivity index (χ3v) is 4.06. The molecule has 0 spiro atoms. The molecule has 1 saturated heterocycles. The first-order valence-corrected chi connectivity index (χ1v) is 8.64. The Bertz CT molecular complexity index is 875. The number of hydrogen-bond donors (Lipinski definition) is 1. The number of amides is 1. The summed E-state index contributed by atoms with van der Waals surface area (Å²) in [6.07, 6.45) is -1.99. The molecule has 0 saturated carbocycles. The second kappa shape index (κ2) is 8.15. The first kappa shape index (κ1) is 20.7. The van der Waals surface area contributed by atoms with Crippen molar-refractivity contribution in [3.8, 4) is 5.75 Å². The summed E-state index contributed by atoms with van der Waals surface area (Å²) in [6.45, 7) is 1.80. The summed E-state index contributed by atoms with van der Waals surface area (Å²) < 4.78 is 57.9. The van der Waals surface area contributed by atoms with Gasteiger partial charge in [-0.3, -0.25) is 9.69 Å². The van der Waals surface area contributed by atoms with E-state index < -0.39 is 23.5 Å². The fourth-order valence-corrected chi connectivity index (χ4v) is 2.64. The van der Waals surface area contributed by atoms with E-state index in [1.165, 1.54) is 17.2 Å². The Morgan fingerprint density at radius 1 is 1.24 bits per heavy atom. The predicted octanol–water partition coefficient (Wildman–Crippen LogP) is 1.61. The number of pyridine rings is 1. The number of rotatable bonds is 5. The van der Waals surface area contributed by atoms with Gasteiger partial charge in [0.2, 0.25) is 17.7 Å². The van der Waals surface area contributed by atoms with Crippen LogP contribution >= 0.6 is 0 Å². The summed E-state index contributed by atoms with van der Waals surface area (Å²) in [5.41, 5.74) is 4.58. The second-order valence-corrected chi connectivity index (χ2v) is 6.47. The average molecular weight is 414 g/mol. The first-order valence-electron chi connectivity index (χ1n) is 8.64. The van der Waals surface area contributed by atoms with E-state index in [0.29, 0.717) is 12.4 Å². The van der Waals surface area contributed by atoms with E-state index in [9.17, 15) is 22.4 Å². The van der Waals surface area contributed by atoms with Gasteiger partial charge in [0.25, 0.3) is 0 Å². The molecule has 1 unspecified atom stereocenters. The summed E-state index contributed by atoms with van der Waals surface area (Å²) in [7, 11) is 0. The van der Waals surface area contributed by atoms with Crippen molar-refractivity contribution in [3.05, 3.63) is 36.0 Å². The molecule has 0 radical (unpaired) electrons. The fourth-order valence-electron chi connectivity index (χ4n) is 2.64. The number of aromatic nitrogens is 3. The van der Waals surface area contributed by atoms with Crippen molar-refractivity contribution in [2.45, 2.75) is 19.1 Å². The van der Waals surface area contributed by atoms with E-state index in [4.69, 9.17) is 10.5 Å². The van der Waals surface area contributed by atoms with E-state index in [2.05, 4.69) is 15.0 Å². The third kappa shape index (κ3) is 4.70. The lowest BCUT2D eigenvalue weighted by Gasteiger charge is -2.33. The van der Waals surface area contributed by atoms with Crippen molar-refractivity contribution in [1.29, 1.82) is 0 Å². The predicted molar refractivity (Wildman–Crippen MR) is 94.9 cm³/mol. The van der Waals surface area contributed by atoms with Crippen LogP contribution in [0, 0.1) is 5.82 Å². The molecular weight excluding hydrogens is 396 g/mol. The van der Waals surface area contributed by atoms with E-state index in [0.717, 1.165) is 4.90 Å². The molecule has 1 aliphatic heterocycles. The normalized spacial score (nSPS) is 16.1. The third-order valence-electron chi connectivity index (χ3n) is 4.06. The summed E-state index contributed by atoms with van der Waals surface area (Å²) in [5.74, 6) is -1.47. The maximum atomic E-state index is 14.7. The molecule has 2 aromatic heterocycles. The Morgan fingerprint density at radius 2 is 1.93 bits per heavy atom. The van der Waals surface area contributed by atoms with Crippen LogP contribution in [0.5, 0.6) is 5.75 Å². The number of carbonyl (C=O) groups is 1. The van der Waals surface area contributed by atoms with Crippen LogP contribution in [0.2, 0.25) is 0 Å². The summed E-state index contributed by atoms with van der Waals surface area (Å²) in [4.78, 5) is 26.2. The molecule has 0 bridgehead atoms. The maximum Gasteiger partial charge on any atom is 0.419 e. The number of anilines is 2. The van der Waals surface area contributed by atoms with Crippen LogP contribution in [0.4, 0.5) is 29.3 Å². The van der Waals surface area contributed by atoms with Crippen LogP contribution in [-0.2, 0) is 11.0 Å². The highest BCUT2D eigenvalue weighted by molar-refractivity contribution is 5.96. The average Bonchev–Trinajstić information content (AvgIpc) is 2.66. The topological polar surface area (TPSA) is 97.5 Å². The van der Waals surface area contributed by atoms with Crippen LogP contribution in [0.1, 0.15) is 12.5 Å². The summed E-state index contributed by atoms with van der Waals surface area (Å²) in [6, 6.07) is 1.06. The zero-order valence-electron chi connectivity index (χ0n) is 15.4. The molecule has 0 aliphatic carbocycles. The number of ether oxygens (including phenoxy) is 1. The van der Waals surface area contributed by atoms with Gasteiger partial charge in [-0.05, 0) is 6.92 Å². The Balaban J connectivity index is 1.72. The highest BCUT2D eigenvalue weighted by atomic mass is 19.4. The highest BCUT2D eigenvalue weighted by Gasteiger charge is 2.33. The van der Waals surface area contributed by atoms with Crippen molar-refractivity contribution >= 4 is 17.7 Å². The van der Waals surface area contributed by atoms with E-state index >= 15 is 0 Å². The van der Waals surface area contributed by atoms with Crippen molar-refractivity contribution < 1.29 is 27.1 Å². The van der Waals surface area contributed by atoms with Gasteiger partial charge in [-0.2, -0.15) is 17.6 Å². The number of alkyl halides is 3. The van der Waals surface area contributed by atoms with Crippen molar-refractivity contribution in [2.24, 2.45) is 5.73 Å². The lowest BCUT2D eigenvalue weighted by Crippen LogP contribution is -2.51. The molecular formula is C17H18F4N6O2. The van der Waals surface area contributed by atoms with Gasteiger partial charge in [-0.15, -0.1) is 0 Å². The number of nitrogens with zero attached hydrogens (tertiary/aromatic N) is 5. The molecule has 12 heteroatoms. The quantitative estimate of drug-likeness (QED) is 0.743. The summed E-state index contributed by atoms with van der Waals surface area (Å²) >= 11 is 0. The molecule has 1 amide bonds. The molecule has 2 aromatic rings. The minimum Gasteiger partial charge on any atom is -0.489 e. The minimum absolute atomic E-state index is 0.0340. The van der Waals surface area contributed by atoms with Crippen LogP contribution in [0.25, 0.3) is 0 Å². The van der Waals surface area contributed by atoms with E-state index in [1.807, 2.05) is 0 Å². The van der Waals surface area contributed by atoms with Gasteiger partial charge >= 0.3 is 6.18 Å². The van der Waals surface area contributed by atoms with Gasteiger partial charge in [0, 0.05) is 43.8 Å². The molecule has 3 rings (SSSR count). The van der Waals surface area contributed by atoms with Gasteiger partial charge < -0.3 is 15.4 Å². The van der Waals surface area contributed by atoms with Crippen molar-refractivity contribution in [1.82, 2.24) is 15.0 Å². The van der Waals surface area contributed by atoms with Gasteiger partial charge in [0.1, 0.15) is 6.61 Å². The molecule has 156 valence electrons. The van der Waals surface area contributed by atoms with Crippen LogP contribution in [0.15, 0.2) is 24.7 Å². The Labute approximate surface area is 163 Å². The monoisotopic (exact) mass is 414 g/mol. The van der Waals surface area contributed by atoms with Gasteiger partial charge in [-0.1, -0.05) is 0 Å². The second-order valence-electron chi connectivity index (χ2n) is 6.47. The minimum atomic E-state index is -4.57. The van der Waals surface area contributed by atoms with Crippen LogP contribution in [-0.4, -0.2) is 53.1 Å². The first-order chi connectivity index (χ1) is 13.7. The standard InChI is InChI=1S/C17H18F4N6O2/c1-10(22)9-29-12-2-3-23-15(14(12)18)26-4-5-27(13(28)8-26)16-24-6-11(7-25-16)17(19,20)21/h2-3,6-7,10H,4-5,8-9,22H2,1H3. The van der Waals surface area contributed by atoms with Gasteiger partial charge in [0.05, 0.1) is 12.1 Å². The van der Waals surface area contributed by atoms with E-state index in [-0.39, 0.29) is 49.8 Å². The van der Waals surface area contributed by atoms with Gasteiger partial charge in [0.15, 0.2) is 11.6 Å². The SMILES string of the molecule is CC(N)COc1ccnc(N2CCN(c3ncc(C(F)(F)F)cn3)C(=O)C2)c1F. The number of hydrogen-bond acceptors (Lipinski definition) is 7. The molecule has 29 heavy (non-hydrogen) atoms. The Morgan fingerprint density at radius 3 is 2.52 bits per heavy atom. The van der Waals surface area contributed by atoms with Gasteiger partial charge in [-0.25, -0.2) is 15.0 Å². The maximum absolute atomic E-state index is 14.7. The molecule has 2 N–H and O–H groups in total. The largest absolute Gasteiger partial charge is 0.489 e. The van der Waals surface area contributed by atoms with E-state index in [1.54, 1.807) is 6.92 Å². The zero-order chi connectivity index (χ0) is 21.2. The Kier molecular flexibility index (Phi) is 5.82. The molecule has 1 fully saturated rings. The van der Waals surface area contributed by atoms with Crippen molar-refractivity contribution in [3.63, 3.8) is 0 Å². The smallest absolute Gasteiger partial charge is 0.419 e. The molecule has 8 nitrogen and oxygen atoms in total. The highest BCUT2D eigenvalue weighted by Crippen LogP contribution is 2.29. The number of piperazine rings is 1. The fraction of sp³-hybridized carbons (Fsp3) is 0.412. The van der Waals surface area contributed by atoms with Crippen LogP contribution in [0.3, 0.4) is 0 Å². The Hall–Kier alpha value is -3.02. The zero-order valence-corrected chi connectivity index (χ0v) is 15.4. The van der Waals surface area contributed by atoms with Crippen molar-refractivity contribution in [2.75, 3.05) is 36.0 Å². The molecule has 3 heterocycles. The lowest BCUT2D eigenvalue weighted by atomic mass is 10.3. The molecule has 1 aliphatic rings. The number of carbonyl (C=O) groups excluding carboxylic acids is 1. The number of halogens is 4.